The van der Waals surface area contributed by atoms with E-state index in [4.69, 9.17) is 23.4 Å². The lowest BCUT2D eigenvalue weighted by atomic mass is 10.1. The van der Waals surface area contributed by atoms with Crippen molar-refractivity contribution in [1.29, 1.82) is 0 Å². The molecule has 7 nitrogen and oxygen atoms in total. The lowest BCUT2D eigenvalue weighted by molar-refractivity contribution is 0.0736. The number of carbonyl (C=O) groups is 2. The van der Waals surface area contributed by atoms with E-state index in [1.165, 1.54) is 0 Å². The van der Waals surface area contributed by atoms with Crippen LogP contribution in [0.4, 0.5) is 0 Å². The number of furan rings is 1. The second-order valence-corrected chi connectivity index (χ2v) is 9.25. The van der Waals surface area contributed by atoms with Crippen LogP contribution in [0.15, 0.2) is 101 Å². The van der Waals surface area contributed by atoms with E-state index in [1.807, 2.05) is 68.4 Å². The van der Waals surface area contributed by atoms with Crippen LogP contribution in [0.3, 0.4) is 0 Å². The van der Waals surface area contributed by atoms with Crippen LogP contribution < -0.4 is 18.9 Å². The Morgan fingerprint density at radius 2 is 1.51 bits per heavy atom. The number of hydrogen-bond acceptors (Lipinski definition) is 7. The van der Waals surface area contributed by atoms with Gasteiger partial charge < -0.3 is 23.4 Å². The zero-order valence-corrected chi connectivity index (χ0v) is 22.5. The van der Waals surface area contributed by atoms with Gasteiger partial charge in [-0.05, 0) is 68.0 Å². The molecule has 7 heteroatoms. The Labute approximate surface area is 236 Å². The maximum Gasteiger partial charge on any atom is 0.348 e. The van der Waals surface area contributed by atoms with Gasteiger partial charge in [-0.3, -0.25) is 4.79 Å². The summed E-state index contributed by atoms with van der Waals surface area (Å²) in [6.45, 7) is 4.87. The van der Waals surface area contributed by atoms with Gasteiger partial charge in [-0.15, -0.1) is 0 Å². The third kappa shape index (κ3) is 5.17. The Morgan fingerprint density at radius 1 is 0.805 bits per heavy atom. The fourth-order valence-corrected chi connectivity index (χ4v) is 4.70. The number of carbonyl (C=O) groups excluding carboxylic acids is 2. The fraction of sp³-hybridized carbons (Fsp3) is 0.118. The Hall–Kier alpha value is -5.30. The predicted octanol–water partition coefficient (Wildman–Crippen LogP) is 7.73. The summed E-state index contributed by atoms with van der Waals surface area (Å²) in [6, 6.07) is 26.8. The van der Waals surface area contributed by atoms with E-state index in [1.54, 1.807) is 42.5 Å². The van der Waals surface area contributed by atoms with Crippen molar-refractivity contribution in [2.75, 3.05) is 13.2 Å². The van der Waals surface area contributed by atoms with E-state index in [2.05, 4.69) is 0 Å². The molecule has 0 saturated carbocycles. The normalized spacial score (nSPS) is 13.2. The molecule has 0 aliphatic carbocycles. The molecule has 0 unspecified atom stereocenters. The first-order chi connectivity index (χ1) is 20.0. The zero-order valence-electron chi connectivity index (χ0n) is 22.5. The molecule has 1 aliphatic rings. The highest BCUT2D eigenvalue weighted by atomic mass is 16.5. The van der Waals surface area contributed by atoms with Gasteiger partial charge in [0.2, 0.25) is 5.78 Å². The standard InChI is InChI=1S/C34H26O7/c1-3-37-23-12-10-21(11-13-23)18-30-32(35)26-16-14-25(20-29(26)40-30)39-34(36)31-27-19-24(38-4-2)15-17-28(27)41-33(31)22-8-6-5-7-9-22/h5-20H,3-4H2,1-2H3. The summed E-state index contributed by atoms with van der Waals surface area (Å²) < 4.78 is 28.9. The molecule has 1 aromatic heterocycles. The van der Waals surface area contributed by atoms with Crippen LogP contribution in [-0.4, -0.2) is 25.0 Å². The second kappa shape index (κ2) is 11.1. The molecule has 4 aromatic carbocycles. The van der Waals surface area contributed by atoms with Crippen LogP contribution in [0.1, 0.15) is 40.1 Å². The molecule has 0 radical (unpaired) electrons. The number of fused-ring (bicyclic) bond motifs is 2. The highest BCUT2D eigenvalue weighted by molar-refractivity contribution is 6.15. The largest absolute Gasteiger partial charge is 0.494 e. The van der Waals surface area contributed by atoms with Gasteiger partial charge in [-0.1, -0.05) is 42.5 Å². The quantitative estimate of drug-likeness (QED) is 0.112. The molecule has 1 aliphatic heterocycles. The molecule has 5 aromatic rings. The molecule has 0 fully saturated rings. The molecular formula is C34H26O7. The highest BCUT2D eigenvalue weighted by Gasteiger charge is 2.29. The maximum absolute atomic E-state index is 13.6. The van der Waals surface area contributed by atoms with Crippen LogP contribution in [0.25, 0.3) is 28.4 Å². The Bertz CT molecular complexity index is 1780. The molecule has 0 saturated heterocycles. The number of allylic oxidation sites excluding steroid dienone is 1. The van der Waals surface area contributed by atoms with E-state index < -0.39 is 5.97 Å². The van der Waals surface area contributed by atoms with Gasteiger partial charge in [0, 0.05) is 17.0 Å². The van der Waals surface area contributed by atoms with Gasteiger partial charge in [0.1, 0.15) is 39.9 Å². The molecule has 0 amide bonds. The van der Waals surface area contributed by atoms with Gasteiger partial charge in [0.05, 0.1) is 18.8 Å². The van der Waals surface area contributed by atoms with Crippen molar-refractivity contribution in [3.05, 3.63) is 113 Å². The number of rotatable bonds is 8. The lowest BCUT2D eigenvalue weighted by Gasteiger charge is -2.07. The summed E-state index contributed by atoms with van der Waals surface area (Å²) in [4.78, 5) is 26.6. The van der Waals surface area contributed by atoms with Crippen LogP contribution in [0.5, 0.6) is 23.0 Å². The SMILES string of the molecule is CCOc1ccc(C=C2Oc3cc(OC(=O)c4c(-c5ccccc5)oc5ccc(OCC)cc45)ccc3C2=O)cc1. The molecular weight excluding hydrogens is 520 g/mol. The van der Waals surface area contributed by atoms with Gasteiger partial charge in [-0.2, -0.15) is 0 Å². The summed E-state index contributed by atoms with van der Waals surface area (Å²) >= 11 is 0. The number of ketones is 1. The van der Waals surface area contributed by atoms with Crippen LogP contribution in [0.2, 0.25) is 0 Å². The molecule has 0 bridgehead atoms. The first-order valence-corrected chi connectivity index (χ1v) is 13.3. The van der Waals surface area contributed by atoms with E-state index >= 15 is 0 Å². The number of benzene rings is 4. The van der Waals surface area contributed by atoms with E-state index in [-0.39, 0.29) is 22.9 Å². The van der Waals surface area contributed by atoms with E-state index in [9.17, 15) is 9.59 Å². The minimum absolute atomic E-state index is 0.184. The van der Waals surface area contributed by atoms with Crippen molar-refractivity contribution in [2.45, 2.75) is 13.8 Å². The first-order valence-electron chi connectivity index (χ1n) is 13.3. The van der Waals surface area contributed by atoms with Crippen molar-refractivity contribution in [2.24, 2.45) is 0 Å². The molecule has 2 heterocycles. The van der Waals surface area contributed by atoms with Crippen LogP contribution in [-0.2, 0) is 0 Å². The minimum Gasteiger partial charge on any atom is -0.494 e. The fourth-order valence-electron chi connectivity index (χ4n) is 4.70. The minimum atomic E-state index is -0.606. The van der Waals surface area contributed by atoms with Crippen LogP contribution >= 0.6 is 0 Å². The predicted molar refractivity (Wildman–Crippen MR) is 155 cm³/mol. The average Bonchev–Trinajstić information content (AvgIpc) is 3.52. The summed E-state index contributed by atoms with van der Waals surface area (Å²) in [5.41, 5.74) is 2.73. The van der Waals surface area contributed by atoms with Crippen molar-refractivity contribution in [1.82, 2.24) is 0 Å². The summed E-state index contributed by atoms with van der Waals surface area (Å²) in [7, 11) is 0. The zero-order chi connectivity index (χ0) is 28.3. The lowest BCUT2D eigenvalue weighted by Crippen LogP contribution is -2.09. The maximum atomic E-state index is 13.6. The third-order valence-electron chi connectivity index (χ3n) is 6.55. The summed E-state index contributed by atoms with van der Waals surface area (Å²) in [5.74, 6) is 1.64. The highest BCUT2D eigenvalue weighted by Crippen LogP contribution is 2.38. The van der Waals surface area contributed by atoms with Gasteiger partial charge >= 0.3 is 5.97 Å². The van der Waals surface area contributed by atoms with Crippen molar-refractivity contribution in [3.8, 4) is 34.3 Å². The Morgan fingerprint density at radius 3 is 2.27 bits per heavy atom. The molecule has 0 N–H and O–H groups in total. The molecule has 0 spiro atoms. The van der Waals surface area contributed by atoms with E-state index in [0.717, 1.165) is 16.9 Å². The Balaban J connectivity index is 1.29. The third-order valence-corrected chi connectivity index (χ3v) is 6.55. The van der Waals surface area contributed by atoms with Crippen molar-refractivity contribution >= 4 is 28.8 Å². The van der Waals surface area contributed by atoms with Gasteiger partial charge in [0.15, 0.2) is 5.76 Å². The smallest absolute Gasteiger partial charge is 0.348 e. The molecule has 41 heavy (non-hydrogen) atoms. The van der Waals surface area contributed by atoms with Gasteiger partial charge in [0.25, 0.3) is 0 Å². The number of Topliss-reactive ketones (excluding diaryl/α,β-unsaturated/α-hetero) is 1. The van der Waals surface area contributed by atoms with Crippen LogP contribution in [0, 0.1) is 0 Å². The monoisotopic (exact) mass is 546 g/mol. The van der Waals surface area contributed by atoms with Gasteiger partial charge in [-0.25, -0.2) is 4.79 Å². The molecule has 0 atom stereocenters. The summed E-state index contributed by atoms with van der Waals surface area (Å²) in [6.07, 6.45) is 1.67. The number of ether oxygens (including phenoxy) is 4. The second-order valence-electron chi connectivity index (χ2n) is 9.25. The number of hydrogen-bond donors (Lipinski definition) is 0. The van der Waals surface area contributed by atoms with Crippen molar-refractivity contribution < 1.29 is 33.0 Å². The van der Waals surface area contributed by atoms with Crippen molar-refractivity contribution in [3.63, 3.8) is 0 Å². The molecule has 6 rings (SSSR count). The Kier molecular flexibility index (Phi) is 7.00. The topological polar surface area (TPSA) is 84.2 Å². The first kappa shape index (κ1) is 26.0. The molecule has 204 valence electrons. The summed E-state index contributed by atoms with van der Waals surface area (Å²) in [5, 5.41) is 0.577. The van der Waals surface area contributed by atoms with E-state index in [0.29, 0.717) is 47.0 Å². The number of esters is 1. The average molecular weight is 547 g/mol.